The Morgan fingerprint density at radius 3 is 2.00 bits per heavy atom. The van der Waals surface area contributed by atoms with E-state index in [0.717, 1.165) is 5.92 Å². The predicted octanol–water partition coefficient (Wildman–Crippen LogP) is 2.05. The molecule has 2 rings (SSSR count). The summed E-state index contributed by atoms with van der Waals surface area (Å²) in [5.41, 5.74) is 0. The molecule has 0 aromatic heterocycles. The Kier molecular flexibility index (Phi) is 0.586. The first-order chi connectivity index (χ1) is 3.39. The van der Waals surface area contributed by atoms with Crippen LogP contribution in [-0.4, -0.2) is 0 Å². The van der Waals surface area contributed by atoms with Gasteiger partial charge in [-0.15, -0.1) is 0 Å². The van der Waals surface area contributed by atoms with Crippen LogP contribution in [0.25, 0.3) is 0 Å². The zero-order valence-corrected chi connectivity index (χ0v) is 4.85. The molecule has 40 valence electrons. The smallest absolute Gasteiger partial charge is 0.0355 e. The van der Waals surface area contributed by atoms with E-state index < -0.39 is 0 Å². The Labute approximate surface area is 44.9 Å². The maximum atomic E-state index is 2.40. The number of hydrogen-bond acceptors (Lipinski definition) is 0. The first-order valence-electron chi connectivity index (χ1n) is 3.39. The molecular weight excluding hydrogens is 84.1 g/mol. The van der Waals surface area contributed by atoms with E-state index in [1.165, 1.54) is 18.3 Å². The molecule has 0 aliphatic heterocycles. The molecule has 2 aliphatic carbocycles. The fraction of sp³-hybridized carbons (Fsp3) is 1.00. The molecule has 2 saturated carbocycles. The Bertz CT molecular complexity index is 76.0. The van der Waals surface area contributed by atoms with Crippen molar-refractivity contribution in [3.05, 3.63) is 0 Å². The SMILES string of the molecule is CC1[C@H]2CCC[C@@H]12. The van der Waals surface area contributed by atoms with Gasteiger partial charge in [0.05, 0.1) is 0 Å². The molecule has 0 spiro atoms. The highest BCUT2D eigenvalue weighted by molar-refractivity contribution is 4.98. The van der Waals surface area contributed by atoms with Gasteiger partial charge in [-0.2, -0.15) is 0 Å². The second kappa shape index (κ2) is 1.04. The number of hydrogen-bond donors (Lipinski definition) is 0. The topological polar surface area (TPSA) is 0 Å². The quantitative estimate of drug-likeness (QED) is 0.433. The second-order valence-corrected chi connectivity index (χ2v) is 3.12. The van der Waals surface area contributed by atoms with Crippen molar-refractivity contribution < 1.29 is 0 Å². The summed E-state index contributed by atoms with van der Waals surface area (Å²) in [6.45, 7) is 2.40. The molecule has 0 aromatic carbocycles. The third kappa shape index (κ3) is 0.375. The summed E-state index contributed by atoms with van der Waals surface area (Å²) in [5, 5.41) is 0. The van der Waals surface area contributed by atoms with Crippen molar-refractivity contribution in [1.82, 2.24) is 0 Å². The summed E-state index contributed by atoms with van der Waals surface area (Å²) < 4.78 is 0. The van der Waals surface area contributed by atoms with Crippen LogP contribution in [0.5, 0.6) is 0 Å². The summed E-state index contributed by atoms with van der Waals surface area (Å²) in [4.78, 5) is 0. The molecule has 2 aliphatic rings. The van der Waals surface area contributed by atoms with E-state index in [9.17, 15) is 0 Å². The monoisotopic (exact) mass is 96.1 g/mol. The minimum atomic E-state index is 1.12. The summed E-state index contributed by atoms with van der Waals surface area (Å²) in [6.07, 6.45) is 4.62. The lowest BCUT2D eigenvalue weighted by Gasteiger charge is -1.89. The fourth-order valence-corrected chi connectivity index (χ4v) is 2.18. The third-order valence-corrected chi connectivity index (χ3v) is 2.83. The molecule has 0 bridgehead atoms. The van der Waals surface area contributed by atoms with E-state index in [-0.39, 0.29) is 0 Å². The fourth-order valence-electron chi connectivity index (χ4n) is 2.18. The van der Waals surface area contributed by atoms with Crippen molar-refractivity contribution in [2.45, 2.75) is 26.2 Å². The van der Waals surface area contributed by atoms with Gasteiger partial charge in [-0.05, 0) is 30.6 Å². The van der Waals surface area contributed by atoms with Gasteiger partial charge in [-0.1, -0.05) is 13.3 Å². The van der Waals surface area contributed by atoms with E-state index in [2.05, 4.69) is 6.92 Å². The van der Waals surface area contributed by atoms with Gasteiger partial charge >= 0.3 is 0 Å². The number of fused-ring (bicyclic) bond motifs is 1. The van der Waals surface area contributed by atoms with Crippen LogP contribution in [0.1, 0.15) is 26.2 Å². The predicted molar refractivity (Wildman–Crippen MR) is 30.0 cm³/mol. The van der Waals surface area contributed by atoms with Crippen LogP contribution in [0.15, 0.2) is 0 Å². The van der Waals surface area contributed by atoms with Gasteiger partial charge in [-0.3, -0.25) is 0 Å². The first-order valence-corrected chi connectivity index (χ1v) is 3.39. The lowest BCUT2D eigenvalue weighted by Crippen LogP contribution is -1.77. The zero-order chi connectivity index (χ0) is 4.85. The van der Waals surface area contributed by atoms with Crippen molar-refractivity contribution in [3.63, 3.8) is 0 Å². The zero-order valence-electron chi connectivity index (χ0n) is 4.85. The first kappa shape index (κ1) is 3.94. The van der Waals surface area contributed by atoms with Gasteiger partial charge in [0.15, 0.2) is 0 Å². The van der Waals surface area contributed by atoms with Gasteiger partial charge in [0.1, 0.15) is 0 Å². The van der Waals surface area contributed by atoms with Crippen molar-refractivity contribution >= 4 is 0 Å². The van der Waals surface area contributed by atoms with Gasteiger partial charge in [0.25, 0.3) is 0 Å². The molecule has 3 atom stereocenters. The molecule has 0 heterocycles. The normalized spacial score (nSPS) is 57.0. The molecule has 0 heteroatoms. The highest BCUT2D eigenvalue weighted by Gasteiger charge is 2.48. The Morgan fingerprint density at radius 2 is 1.71 bits per heavy atom. The van der Waals surface area contributed by atoms with E-state index in [1.54, 1.807) is 12.8 Å². The standard InChI is InChI=1S/C7H12/c1-5-6-3-2-4-7(5)6/h5-7H,2-4H2,1H3/t5?,6-,7+. The average Bonchev–Trinajstić information content (AvgIpc) is 2.26. The second-order valence-electron chi connectivity index (χ2n) is 3.12. The minimum Gasteiger partial charge on any atom is -0.0620 e. The molecule has 2 fully saturated rings. The van der Waals surface area contributed by atoms with Crippen LogP contribution in [-0.2, 0) is 0 Å². The van der Waals surface area contributed by atoms with Crippen LogP contribution in [0.3, 0.4) is 0 Å². The van der Waals surface area contributed by atoms with Crippen LogP contribution in [0.4, 0.5) is 0 Å². The van der Waals surface area contributed by atoms with Crippen LogP contribution in [0.2, 0.25) is 0 Å². The molecular formula is C7H12. The Hall–Kier alpha value is 0. The third-order valence-electron chi connectivity index (χ3n) is 2.83. The molecule has 0 nitrogen and oxygen atoms in total. The molecule has 0 radical (unpaired) electrons. The summed E-state index contributed by atoms with van der Waals surface area (Å²) >= 11 is 0. The maximum Gasteiger partial charge on any atom is -0.0355 e. The highest BCUT2D eigenvalue weighted by atomic mass is 14.5. The number of rotatable bonds is 0. The minimum absolute atomic E-state index is 1.12. The van der Waals surface area contributed by atoms with Gasteiger partial charge < -0.3 is 0 Å². The Balaban J connectivity index is 2.06. The largest absolute Gasteiger partial charge is 0.0620 e. The van der Waals surface area contributed by atoms with Gasteiger partial charge in [-0.25, -0.2) is 0 Å². The summed E-state index contributed by atoms with van der Waals surface area (Å²) in [7, 11) is 0. The van der Waals surface area contributed by atoms with Crippen LogP contribution >= 0.6 is 0 Å². The van der Waals surface area contributed by atoms with Crippen LogP contribution in [0, 0.1) is 17.8 Å². The van der Waals surface area contributed by atoms with E-state index in [0.29, 0.717) is 0 Å². The molecule has 0 amide bonds. The maximum absolute atomic E-state index is 2.40. The van der Waals surface area contributed by atoms with Crippen molar-refractivity contribution in [1.29, 1.82) is 0 Å². The van der Waals surface area contributed by atoms with Gasteiger partial charge in [0.2, 0.25) is 0 Å². The van der Waals surface area contributed by atoms with Crippen molar-refractivity contribution in [2.75, 3.05) is 0 Å². The summed E-state index contributed by atoms with van der Waals surface area (Å²) in [5.74, 6) is 3.48. The molecule has 0 aromatic rings. The van der Waals surface area contributed by atoms with E-state index in [1.807, 2.05) is 0 Å². The van der Waals surface area contributed by atoms with Gasteiger partial charge in [0, 0.05) is 0 Å². The van der Waals surface area contributed by atoms with E-state index >= 15 is 0 Å². The molecule has 0 N–H and O–H groups in total. The van der Waals surface area contributed by atoms with Crippen molar-refractivity contribution in [2.24, 2.45) is 17.8 Å². The Morgan fingerprint density at radius 1 is 1.14 bits per heavy atom. The average molecular weight is 96.2 g/mol. The molecule has 1 unspecified atom stereocenters. The molecule has 0 saturated heterocycles. The highest BCUT2D eigenvalue weighted by Crippen LogP contribution is 2.56. The lowest BCUT2D eigenvalue weighted by atomic mass is 10.2. The van der Waals surface area contributed by atoms with Crippen LogP contribution < -0.4 is 0 Å². The summed E-state index contributed by atoms with van der Waals surface area (Å²) in [6, 6.07) is 0. The van der Waals surface area contributed by atoms with Crippen molar-refractivity contribution in [3.8, 4) is 0 Å². The molecule has 7 heavy (non-hydrogen) atoms. The lowest BCUT2D eigenvalue weighted by molar-refractivity contribution is 0.628. The van der Waals surface area contributed by atoms with E-state index in [4.69, 9.17) is 0 Å².